The number of nitrogens with one attached hydrogen (secondary N) is 1. The molecule has 3 aliphatic rings. The molecule has 1 unspecified atom stereocenters. The number of benzene rings is 1. The number of fused-ring (bicyclic) bond motifs is 1. The number of rotatable bonds is 7. The monoisotopic (exact) mass is 493 g/mol. The Morgan fingerprint density at radius 3 is 2.33 bits per heavy atom. The van der Waals surface area contributed by atoms with Gasteiger partial charge >= 0.3 is 0 Å². The molecule has 1 aromatic carbocycles. The van der Waals surface area contributed by atoms with Crippen molar-refractivity contribution in [1.82, 2.24) is 14.7 Å². The van der Waals surface area contributed by atoms with Crippen molar-refractivity contribution in [2.24, 2.45) is 11.7 Å². The van der Waals surface area contributed by atoms with E-state index < -0.39 is 5.91 Å². The largest absolute Gasteiger partial charge is 0.496 e. The van der Waals surface area contributed by atoms with E-state index in [1.165, 1.54) is 6.08 Å². The van der Waals surface area contributed by atoms with E-state index in [9.17, 15) is 9.59 Å². The van der Waals surface area contributed by atoms with Crippen LogP contribution >= 0.6 is 0 Å². The van der Waals surface area contributed by atoms with Gasteiger partial charge in [0.1, 0.15) is 28.6 Å². The zero-order valence-corrected chi connectivity index (χ0v) is 21.3. The lowest BCUT2D eigenvalue weighted by molar-refractivity contribution is -0.127. The van der Waals surface area contributed by atoms with Crippen LogP contribution in [0.5, 0.6) is 11.5 Å². The Bertz CT molecular complexity index is 1180. The van der Waals surface area contributed by atoms with Crippen molar-refractivity contribution in [3.8, 4) is 22.8 Å². The number of amides is 2. The van der Waals surface area contributed by atoms with E-state index in [-0.39, 0.29) is 17.4 Å². The van der Waals surface area contributed by atoms with Gasteiger partial charge in [0.15, 0.2) is 0 Å². The van der Waals surface area contributed by atoms with E-state index in [0.29, 0.717) is 36.1 Å². The molecule has 1 aliphatic carbocycles. The van der Waals surface area contributed by atoms with Crippen molar-refractivity contribution in [2.45, 2.75) is 50.5 Å². The number of hydrogen-bond acceptors (Lipinski definition) is 6. The van der Waals surface area contributed by atoms with Gasteiger partial charge in [0.2, 0.25) is 5.91 Å². The Hall–Kier alpha value is -3.49. The van der Waals surface area contributed by atoms with Crippen LogP contribution in [0.15, 0.2) is 24.8 Å². The lowest BCUT2D eigenvalue weighted by Crippen LogP contribution is -2.41. The summed E-state index contributed by atoms with van der Waals surface area (Å²) >= 11 is 0. The quantitative estimate of drug-likeness (QED) is 0.571. The summed E-state index contributed by atoms with van der Waals surface area (Å²) in [5.74, 6) is 1.91. The Morgan fingerprint density at radius 1 is 1.17 bits per heavy atom. The summed E-state index contributed by atoms with van der Waals surface area (Å²) in [7, 11) is 3.31. The summed E-state index contributed by atoms with van der Waals surface area (Å²) in [4.78, 5) is 26.6. The highest BCUT2D eigenvalue weighted by Gasteiger charge is 2.44. The van der Waals surface area contributed by atoms with E-state index in [4.69, 9.17) is 20.3 Å². The first-order chi connectivity index (χ1) is 17.3. The first-order valence-corrected chi connectivity index (χ1v) is 12.7. The number of carbonyl (C=O) groups excluding carboxylic acids is 2. The van der Waals surface area contributed by atoms with E-state index in [2.05, 4.69) is 18.8 Å². The van der Waals surface area contributed by atoms with Gasteiger partial charge in [-0.05, 0) is 61.6 Å². The van der Waals surface area contributed by atoms with Gasteiger partial charge in [-0.1, -0.05) is 13.5 Å². The topological polar surface area (TPSA) is 112 Å². The summed E-state index contributed by atoms with van der Waals surface area (Å²) in [5.41, 5.74) is 8.64. The smallest absolute Gasteiger partial charge is 0.254 e. The van der Waals surface area contributed by atoms with Crippen LogP contribution in [0, 0.1) is 5.92 Å². The molecule has 9 nitrogen and oxygen atoms in total. The van der Waals surface area contributed by atoms with Crippen LogP contribution in [0.25, 0.3) is 11.3 Å². The molecule has 1 saturated carbocycles. The van der Waals surface area contributed by atoms with Crippen LogP contribution in [-0.2, 0) is 10.2 Å². The molecule has 2 aliphatic heterocycles. The first kappa shape index (κ1) is 24.2. The van der Waals surface area contributed by atoms with Gasteiger partial charge in [-0.15, -0.1) is 0 Å². The molecule has 1 saturated heterocycles. The molecule has 1 atom stereocenters. The van der Waals surface area contributed by atoms with E-state index in [0.717, 1.165) is 61.3 Å². The summed E-state index contributed by atoms with van der Waals surface area (Å²) < 4.78 is 13.5. The zero-order chi connectivity index (χ0) is 25.6. The lowest BCUT2D eigenvalue weighted by Gasteiger charge is -2.38. The van der Waals surface area contributed by atoms with Crippen LogP contribution in [0.1, 0.15) is 61.0 Å². The summed E-state index contributed by atoms with van der Waals surface area (Å²) in [5, 5.41) is 8.34. The third-order valence-corrected chi connectivity index (χ3v) is 8.16. The average molecular weight is 494 g/mol. The highest BCUT2D eigenvalue weighted by atomic mass is 16.5. The Morgan fingerprint density at radius 2 is 1.81 bits per heavy atom. The van der Waals surface area contributed by atoms with Gasteiger partial charge in [0.05, 0.1) is 20.3 Å². The second-order valence-electron chi connectivity index (χ2n) is 10.3. The van der Waals surface area contributed by atoms with Gasteiger partial charge in [0.25, 0.3) is 5.91 Å². The number of methoxy groups -OCH3 is 2. The van der Waals surface area contributed by atoms with Crippen LogP contribution in [0.2, 0.25) is 0 Å². The molecule has 0 radical (unpaired) electrons. The molecule has 2 aromatic rings. The zero-order valence-electron chi connectivity index (χ0n) is 21.3. The number of aromatic nitrogens is 2. The number of anilines is 1. The Kier molecular flexibility index (Phi) is 6.18. The Balaban J connectivity index is 1.54. The molecule has 2 fully saturated rings. The van der Waals surface area contributed by atoms with Gasteiger partial charge in [0, 0.05) is 30.8 Å². The molecule has 9 heteroatoms. The van der Waals surface area contributed by atoms with Crippen molar-refractivity contribution >= 4 is 17.6 Å². The predicted molar refractivity (Wildman–Crippen MR) is 138 cm³/mol. The highest BCUT2D eigenvalue weighted by molar-refractivity contribution is 6.04. The minimum atomic E-state index is -0.526. The first-order valence-electron chi connectivity index (χ1n) is 12.7. The fraction of sp³-hybridized carbons (Fsp3) is 0.519. The fourth-order valence-electron chi connectivity index (χ4n) is 5.89. The average Bonchev–Trinajstić information content (AvgIpc) is 3.51. The normalized spacial score (nSPS) is 20.8. The second kappa shape index (κ2) is 9.19. The van der Waals surface area contributed by atoms with Crippen molar-refractivity contribution in [3.63, 3.8) is 0 Å². The summed E-state index contributed by atoms with van der Waals surface area (Å²) in [6, 6.07) is 4.00. The summed E-state index contributed by atoms with van der Waals surface area (Å²) in [6.45, 7) is 7.93. The fourth-order valence-corrected chi connectivity index (χ4v) is 5.89. The number of piperidine rings is 1. The molecule has 3 heterocycles. The molecule has 0 spiro atoms. The Labute approximate surface area is 211 Å². The van der Waals surface area contributed by atoms with Crippen LogP contribution in [-0.4, -0.2) is 60.3 Å². The number of carbonyl (C=O) groups is 2. The van der Waals surface area contributed by atoms with Gasteiger partial charge in [-0.25, -0.2) is 4.68 Å². The molecule has 0 bridgehead atoms. The number of primary amides is 1. The van der Waals surface area contributed by atoms with Crippen molar-refractivity contribution in [1.29, 1.82) is 0 Å². The number of nitrogens with zero attached hydrogens (tertiary/aromatic N) is 3. The standard InChI is InChI=1S/C27H35N5O4/c1-5-21(33)31-12-7-16(8-13-31)18-6-11-29-26-22(25(28)34)24(30-32(18)26)17-14-19(35-3)23(20(15-17)36-4)27(2)9-10-27/h5,14-16,18,29H,1,6-13H2,2-4H3,(H2,28,34). The molecule has 2 amide bonds. The molecule has 36 heavy (non-hydrogen) atoms. The van der Waals surface area contributed by atoms with Crippen molar-refractivity contribution in [3.05, 3.63) is 35.9 Å². The van der Waals surface area contributed by atoms with E-state index in [1.54, 1.807) is 14.2 Å². The maximum absolute atomic E-state index is 12.7. The highest BCUT2D eigenvalue weighted by Crippen LogP contribution is 2.55. The van der Waals surface area contributed by atoms with Crippen LogP contribution in [0.4, 0.5) is 5.82 Å². The minimum Gasteiger partial charge on any atom is -0.496 e. The third-order valence-electron chi connectivity index (χ3n) is 8.16. The van der Waals surface area contributed by atoms with Gasteiger partial charge in [-0.3, -0.25) is 9.59 Å². The molecule has 3 N–H and O–H groups in total. The summed E-state index contributed by atoms with van der Waals surface area (Å²) in [6.07, 6.45) is 6.16. The van der Waals surface area contributed by atoms with Crippen LogP contribution < -0.4 is 20.5 Å². The number of ether oxygens (including phenoxy) is 2. The van der Waals surface area contributed by atoms with E-state index in [1.807, 2.05) is 21.7 Å². The van der Waals surface area contributed by atoms with Gasteiger partial charge < -0.3 is 25.4 Å². The lowest BCUT2D eigenvalue weighted by atomic mass is 9.87. The molecular weight excluding hydrogens is 458 g/mol. The molecule has 192 valence electrons. The molecule has 5 rings (SSSR count). The van der Waals surface area contributed by atoms with Gasteiger partial charge in [-0.2, -0.15) is 5.10 Å². The predicted octanol–water partition coefficient (Wildman–Crippen LogP) is 3.50. The second-order valence-corrected chi connectivity index (χ2v) is 10.3. The minimum absolute atomic E-state index is 0.0248. The molecular formula is C27H35N5O4. The third kappa shape index (κ3) is 4.00. The SMILES string of the molecule is C=CC(=O)N1CCC(C2CCNc3c(C(N)=O)c(-c4cc(OC)c(C5(C)CC5)c(OC)c4)nn32)CC1. The number of likely N-dealkylation sites (tertiary alicyclic amines) is 1. The maximum Gasteiger partial charge on any atom is 0.254 e. The van der Waals surface area contributed by atoms with Crippen LogP contribution in [0.3, 0.4) is 0 Å². The number of nitrogens with two attached hydrogens (primary N) is 1. The number of hydrogen-bond donors (Lipinski definition) is 2. The van der Waals surface area contributed by atoms with Crippen molar-refractivity contribution < 1.29 is 19.1 Å². The molecule has 1 aromatic heterocycles. The maximum atomic E-state index is 12.7. The van der Waals surface area contributed by atoms with Crippen molar-refractivity contribution in [2.75, 3.05) is 39.2 Å². The van der Waals surface area contributed by atoms with E-state index >= 15 is 0 Å².